The summed E-state index contributed by atoms with van der Waals surface area (Å²) in [7, 11) is 2.01. The summed E-state index contributed by atoms with van der Waals surface area (Å²) in [5.41, 5.74) is 4.67. The number of benzene rings is 1. The molecule has 130 valence electrons. The highest BCUT2D eigenvalue weighted by atomic mass is 35.5. The highest BCUT2D eigenvalue weighted by Crippen LogP contribution is 2.41. The van der Waals surface area contributed by atoms with Gasteiger partial charge >= 0.3 is 0 Å². The first-order chi connectivity index (χ1) is 12.6. The number of aryl methyl sites for hydroxylation is 1. The predicted octanol–water partition coefficient (Wildman–Crippen LogP) is 5.55. The number of pyridine rings is 1. The van der Waals surface area contributed by atoms with Crippen LogP contribution in [0.2, 0.25) is 5.02 Å². The zero-order valence-corrected chi connectivity index (χ0v) is 15.7. The Kier molecular flexibility index (Phi) is 4.64. The smallest absolute Gasteiger partial charge is 0.108 e. The number of halogens is 1. The number of hydrogen-bond acceptors (Lipinski definition) is 3. The molecule has 3 nitrogen and oxygen atoms in total. The molecule has 0 amide bonds. The Labute approximate surface area is 161 Å². The molecule has 0 fully saturated rings. The lowest BCUT2D eigenvalue weighted by Gasteiger charge is -2.15. The Balaban J connectivity index is 1.95. The molecule has 1 N–H and O–H groups in total. The van der Waals surface area contributed by atoms with Gasteiger partial charge < -0.3 is 9.67 Å². The lowest BCUT2D eigenvalue weighted by Crippen LogP contribution is -2.03. The Bertz CT molecular complexity index is 1010. The highest BCUT2D eigenvalue weighted by molar-refractivity contribution is 7.13. The lowest BCUT2D eigenvalue weighted by atomic mass is 9.95. The molecule has 1 aromatic carbocycles. The van der Waals surface area contributed by atoms with Gasteiger partial charge in [0.1, 0.15) is 6.10 Å². The first-order valence-electron chi connectivity index (χ1n) is 8.22. The first-order valence-corrected chi connectivity index (χ1v) is 9.48. The van der Waals surface area contributed by atoms with Gasteiger partial charge in [0, 0.05) is 47.4 Å². The van der Waals surface area contributed by atoms with Crippen LogP contribution in [0.5, 0.6) is 0 Å². The van der Waals surface area contributed by atoms with Gasteiger partial charge in [0.15, 0.2) is 0 Å². The van der Waals surface area contributed by atoms with Gasteiger partial charge in [-0.15, -0.1) is 11.3 Å². The van der Waals surface area contributed by atoms with Gasteiger partial charge in [0.25, 0.3) is 0 Å². The Morgan fingerprint density at radius 3 is 2.58 bits per heavy atom. The number of nitrogens with zero attached hydrogens (tertiary/aromatic N) is 2. The van der Waals surface area contributed by atoms with Gasteiger partial charge in [-0.1, -0.05) is 35.9 Å². The van der Waals surface area contributed by atoms with E-state index in [1.165, 1.54) is 0 Å². The minimum absolute atomic E-state index is 0.692. The van der Waals surface area contributed by atoms with Crippen LogP contribution in [0.15, 0.2) is 72.5 Å². The van der Waals surface area contributed by atoms with Gasteiger partial charge in [0.2, 0.25) is 0 Å². The second-order valence-electron chi connectivity index (χ2n) is 6.09. The zero-order valence-electron chi connectivity index (χ0n) is 14.1. The van der Waals surface area contributed by atoms with E-state index in [2.05, 4.69) is 21.8 Å². The van der Waals surface area contributed by atoms with Crippen LogP contribution in [-0.4, -0.2) is 14.7 Å². The molecule has 4 aromatic rings. The fourth-order valence-corrected chi connectivity index (χ4v) is 4.16. The topological polar surface area (TPSA) is 38.0 Å². The van der Waals surface area contributed by atoms with Crippen molar-refractivity contribution >= 4 is 22.9 Å². The van der Waals surface area contributed by atoms with E-state index in [1.54, 1.807) is 23.7 Å². The maximum atomic E-state index is 11.2. The number of hydrogen-bond donors (Lipinski definition) is 1. The molecular formula is C21H17ClN2OS. The Hall–Kier alpha value is -2.40. The highest BCUT2D eigenvalue weighted by Gasteiger charge is 2.25. The van der Waals surface area contributed by atoms with Crippen LogP contribution in [0.1, 0.15) is 17.2 Å². The van der Waals surface area contributed by atoms with Crippen molar-refractivity contribution in [3.63, 3.8) is 0 Å². The van der Waals surface area contributed by atoms with Crippen LogP contribution < -0.4 is 0 Å². The SMILES string of the molecule is Cn1cc(-c2ccc(Cl)cc2)c(C(O)c2cccnc2)c1-c1cccs1. The van der Waals surface area contributed by atoms with Crippen LogP contribution in [0, 0.1) is 0 Å². The number of aliphatic hydroxyl groups is 1. The molecule has 0 aliphatic heterocycles. The molecule has 3 aromatic heterocycles. The van der Waals surface area contributed by atoms with E-state index in [0.717, 1.165) is 32.8 Å². The van der Waals surface area contributed by atoms with Crippen molar-refractivity contribution in [1.29, 1.82) is 0 Å². The average molecular weight is 381 g/mol. The maximum absolute atomic E-state index is 11.2. The van der Waals surface area contributed by atoms with Crippen LogP contribution in [0.25, 0.3) is 21.7 Å². The Morgan fingerprint density at radius 1 is 1.12 bits per heavy atom. The van der Waals surface area contributed by atoms with Gasteiger partial charge in [-0.3, -0.25) is 4.98 Å². The third kappa shape index (κ3) is 3.07. The summed E-state index contributed by atoms with van der Waals surface area (Å²) in [6.45, 7) is 0. The number of aliphatic hydroxyl groups excluding tert-OH is 1. The van der Waals surface area contributed by atoms with E-state index < -0.39 is 6.10 Å². The van der Waals surface area contributed by atoms with Crippen LogP contribution in [0.3, 0.4) is 0 Å². The molecule has 0 saturated carbocycles. The first kappa shape index (κ1) is 17.0. The fraction of sp³-hybridized carbons (Fsp3) is 0.0952. The molecule has 26 heavy (non-hydrogen) atoms. The van der Waals surface area contributed by atoms with Crippen molar-refractivity contribution in [2.45, 2.75) is 6.10 Å². The third-order valence-electron chi connectivity index (χ3n) is 4.40. The summed E-state index contributed by atoms with van der Waals surface area (Å²) in [5, 5.41) is 13.9. The van der Waals surface area contributed by atoms with Crippen molar-refractivity contribution in [3.8, 4) is 21.7 Å². The van der Waals surface area contributed by atoms with Gasteiger partial charge in [-0.2, -0.15) is 0 Å². The molecule has 0 radical (unpaired) electrons. The third-order valence-corrected chi connectivity index (χ3v) is 5.53. The maximum Gasteiger partial charge on any atom is 0.108 e. The molecule has 1 unspecified atom stereocenters. The summed E-state index contributed by atoms with van der Waals surface area (Å²) < 4.78 is 2.07. The largest absolute Gasteiger partial charge is 0.383 e. The lowest BCUT2D eigenvalue weighted by molar-refractivity contribution is 0.221. The molecule has 4 rings (SSSR count). The van der Waals surface area contributed by atoms with E-state index in [0.29, 0.717) is 5.02 Å². The van der Waals surface area contributed by atoms with E-state index in [4.69, 9.17) is 11.6 Å². The second kappa shape index (κ2) is 7.08. The normalized spacial score (nSPS) is 12.3. The number of rotatable bonds is 4. The fourth-order valence-electron chi connectivity index (χ4n) is 3.21. The van der Waals surface area contributed by atoms with Crippen molar-refractivity contribution in [1.82, 2.24) is 9.55 Å². The van der Waals surface area contributed by atoms with Gasteiger partial charge in [-0.25, -0.2) is 0 Å². The molecule has 3 heterocycles. The number of thiophene rings is 1. The van der Waals surface area contributed by atoms with Crippen LogP contribution >= 0.6 is 22.9 Å². The predicted molar refractivity (Wildman–Crippen MR) is 107 cm³/mol. The van der Waals surface area contributed by atoms with Crippen molar-refractivity contribution < 1.29 is 5.11 Å². The molecule has 0 aliphatic carbocycles. The number of aromatic nitrogens is 2. The zero-order chi connectivity index (χ0) is 18.1. The summed E-state index contributed by atoms with van der Waals surface area (Å²) in [4.78, 5) is 5.28. The summed E-state index contributed by atoms with van der Waals surface area (Å²) >= 11 is 7.71. The van der Waals surface area contributed by atoms with E-state index in [-0.39, 0.29) is 0 Å². The molecule has 1 atom stereocenters. The van der Waals surface area contributed by atoms with Gasteiger partial charge in [0.05, 0.1) is 10.6 Å². The van der Waals surface area contributed by atoms with E-state index >= 15 is 0 Å². The van der Waals surface area contributed by atoms with Crippen molar-refractivity contribution in [3.05, 3.63) is 88.7 Å². The minimum atomic E-state index is -0.771. The van der Waals surface area contributed by atoms with Gasteiger partial charge in [-0.05, 0) is 35.2 Å². The standard InChI is InChI=1S/C21H17ClN2OS/c1-24-13-17(14-6-8-16(22)9-7-14)19(20(24)18-5-3-11-26-18)21(25)15-4-2-10-23-12-15/h2-13,21,25H,1H3. The monoisotopic (exact) mass is 380 g/mol. The molecule has 0 bridgehead atoms. The quantitative estimate of drug-likeness (QED) is 0.504. The van der Waals surface area contributed by atoms with Crippen LogP contribution in [0.4, 0.5) is 0 Å². The van der Waals surface area contributed by atoms with Crippen molar-refractivity contribution in [2.24, 2.45) is 7.05 Å². The summed E-state index contributed by atoms with van der Waals surface area (Å²) in [6, 6.07) is 15.5. The molecule has 5 heteroatoms. The molecule has 0 spiro atoms. The molecule has 0 saturated heterocycles. The van der Waals surface area contributed by atoms with E-state index in [9.17, 15) is 5.11 Å². The van der Waals surface area contributed by atoms with Crippen molar-refractivity contribution in [2.75, 3.05) is 0 Å². The van der Waals surface area contributed by atoms with Crippen LogP contribution in [-0.2, 0) is 7.05 Å². The second-order valence-corrected chi connectivity index (χ2v) is 7.47. The Morgan fingerprint density at radius 2 is 1.92 bits per heavy atom. The minimum Gasteiger partial charge on any atom is -0.383 e. The summed E-state index contributed by atoms with van der Waals surface area (Å²) in [5.74, 6) is 0. The molecular weight excluding hydrogens is 364 g/mol. The van der Waals surface area contributed by atoms with E-state index in [1.807, 2.05) is 54.9 Å². The molecule has 0 aliphatic rings. The average Bonchev–Trinajstić information content (AvgIpc) is 3.30. The summed E-state index contributed by atoms with van der Waals surface area (Å²) in [6.07, 6.45) is 4.71.